The molecule has 0 spiro atoms. The zero-order chi connectivity index (χ0) is 20.1. The van der Waals surface area contributed by atoms with Crippen LogP contribution in [0.2, 0.25) is 0 Å². The quantitative estimate of drug-likeness (QED) is 0.711. The summed E-state index contributed by atoms with van der Waals surface area (Å²) >= 11 is 0. The second-order valence-corrected chi connectivity index (χ2v) is 7.40. The first-order valence-electron chi connectivity index (χ1n) is 9.93. The van der Waals surface area contributed by atoms with E-state index in [1.165, 1.54) is 5.56 Å². The number of rotatable bonds is 6. The van der Waals surface area contributed by atoms with Crippen molar-refractivity contribution in [3.63, 3.8) is 0 Å². The molecule has 1 amide bonds. The third-order valence-corrected chi connectivity index (χ3v) is 5.46. The summed E-state index contributed by atoms with van der Waals surface area (Å²) in [5, 5.41) is 13.0. The number of H-pyrrole nitrogens is 1. The van der Waals surface area contributed by atoms with Crippen molar-refractivity contribution in [2.24, 2.45) is 0 Å². The van der Waals surface area contributed by atoms with Crippen LogP contribution in [0.15, 0.2) is 39.9 Å². The largest absolute Gasteiger partial charge is 0.501 e. The first kappa shape index (κ1) is 19.9. The van der Waals surface area contributed by atoms with Crippen LogP contribution in [-0.2, 0) is 6.54 Å². The Balaban J connectivity index is 1.66. The molecule has 0 bridgehead atoms. The van der Waals surface area contributed by atoms with Crippen molar-refractivity contribution in [2.45, 2.75) is 64.0 Å². The lowest BCUT2D eigenvalue weighted by Gasteiger charge is -2.29. The summed E-state index contributed by atoms with van der Waals surface area (Å²) in [7, 11) is 0. The zero-order valence-corrected chi connectivity index (χ0v) is 16.1. The minimum absolute atomic E-state index is 0.0436. The number of aromatic nitrogens is 2. The lowest BCUT2D eigenvalue weighted by molar-refractivity contribution is 0.0916. The number of unbranched alkanes of at least 4 members (excludes halogenated alkanes) is 1. The molecule has 150 valence electrons. The smallest absolute Gasteiger partial charge is 0.329 e. The van der Waals surface area contributed by atoms with Crippen LogP contribution in [0.4, 0.5) is 0 Å². The number of hydrogen-bond acceptors (Lipinski definition) is 4. The van der Waals surface area contributed by atoms with Crippen molar-refractivity contribution in [2.75, 3.05) is 0 Å². The molecule has 7 heteroatoms. The van der Waals surface area contributed by atoms with Gasteiger partial charge in [0.2, 0.25) is 5.75 Å². The average Bonchev–Trinajstić information content (AvgIpc) is 2.72. The first-order chi connectivity index (χ1) is 13.5. The second-order valence-electron chi connectivity index (χ2n) is 7.40. The normalized spacial score (nSPS) is 19.3. The van der Waals surface area contributed by atoms with E-state index in [-0.39, 0.29) is 18.3 Å². The Morgan fingerprint density at radius 1 is 1.18 bits per heavy atom. The first-order valence-corrected chi connectivity index (χ1v) is 9.93. The Hall–Kier alpha value is -2.83. The molecule has 2 aromatic rings. The Labute approximate surface area is 163 Å². The molecule has 0 saturated heterocycles. The van der Waals surface area contributed by atoms with E-state index in [4.69, 9.17) is 0 Å². The Morgan fingerprint density at radius 2 is 1.86 bits per heavy atom. The van der Waals surface area contributed by atoms with Gasteiger partial charge >= 0.3 is 5.69 Å². The summed E-state index contributed by atoms with van der Waals surface area (Å²) in [4.78, 5) is 39.2. The van der Waals surface area contributed by atoms with E-state index < -0.39 is 22.9 Å². The number of nitrogens with one attached hydrogen (secondary N) is 2. The van der Waals surface area contributed by atoms with Gasteiger partial charge in [-0.1, -0.05) is 43.7 Å². The third-order valence-electron chi connectivity index (χ3n) is 5.46. The molecule has 7 nitrogen and oxygen atoms in total. The SMILES string of the molecule is CCCCn1c(=O)[nH]c(C(=O)NC2CCC(c3ccccc3)CC2)c(O)c1=O. The number of hydrogen-bond donors (Lipinski definition) is 3. The maximum atomic E-state index is 12.5. The van der Waals surface area contributed by atoms with Crippen molar-refractivity contribution in [1.29, 1.82) is 0 Å². The van der Waals surface area contributed by atoms with Gasteiger partial charge in [-0.2, -0.15) is 0 Å². The predicted octanol–water partition coefficient (Wildman–Crippen LogP) is 2.50. The number of nitrogens with zero attached hydrogens (tertiary/aromatic N) is 1. The van der Waals surface area contributed by atoms with Crippen LogP contribution in [0, 0.1) is 0 Å². The fraction of sp³-hybridized carbons (Fsp3) is 0.476. The van der Waals surface area contributed by atoms with Gasteiger partial charge < -0.3 is 10.4 Å². The van der Waals surface area contributed by atoms with Gasteiger partial charge in [0.15, 0.2) is 5.69 Å². The molecular weight excluding hydrogens is 358 g/mol. The molecule has 1 fully saturated rings. The topological polar surface area (TPSA) is 104 Å². The predicted molar refractivity (Wildman–Crippen MR) is 107 cm³/mol. The Morgan fingerprint density at radius 3 is 2.50 bits per heavy atom. The van der Waals surface area contributed by atoms with Crippen molar-refractivity contribution >= 4 is 5.91 Å². The summed E-state index contributed by atoms with van der Waals surface area (Å²) in [6, 6.07) is 10.3. The molecule has 1 aliphatic carbocycles. The van der Waals surface area contributed by atoms with Crippen LogP contribution < -0.4 is 16.6 Å². The van der Waals surface area contributed by atoms with Gasteiger partial charge in [-0.05, 0) is 43.6 Å². The standard InChI is InChI=1S/C21H27N3O4/c1-2-3-13-24-20(27)18(25)17(23-21(24)28)19(26)22-16-11-9-15(10-12-16)14-7-5-4-6-8-14/h4-8,15-16,25H,2-3,9-13H2,1H3,(H,22,26)(H,23,28). The van der Waals surface area contributed by atoms with E-state index in [1.807, 2.05) is 25.1 Å². The van der Waals surface area contributed by atoms with Crippen LogP contribution >= 0.6 is 0 Å². The molecule has 1 saturated carbocycles. The Kier molecular flexibility index (Phi) is 6.34. The van der Waals surface area contributed by atoms with Crippen LogP contribution in [0.25, 0.3) is 0 Å². The summed E-state index contributed by atoms with van der Waals surface area (Å²) in [6.07, 6.45) is 4.97. The molecule has 3 N–H and O–H groups in total. The van der Waals surface area contributed by atoms with Gasteiger partial charge in [0.05, 0.1) is 0 Å². The molecule has 3 rings (SSSR count). The molecule has 0 atom stereocenters. The summed E-state index contributed by atoms with van der Waals surface area (Å²) < 4.78 is 0.931. The van der Waals surface area contributed by atoms with E-state index in [9.17, 15) is 19.5 Å². The van der Waals surface area contributed by atoms with Gasteiger partial charge in [-0.3, -0.25) is 19.1 Å². The number of aromatic hydroxyl groups is 1. The lowest BCUT2D eigenvalue weighted by atomic mass is 9.82. The molecule has 1 heterocycles. The average molecular weight is 385 g/mol. The van der Waals surface area contributed by atoms with E-state index in [0.29, 0.717) is 12.3 Å². The fourth-order valence-electron chi connectivity index (χ4n) is 3.80. The van der Waals surface area contributed by atoms with Gasteiger partial charge in [0, 0.05) is 12.6 Å². The monoisotopic (exact) mass is 385 g/mol. The second kappa shape index (κ2) is 8.91. The van der Waals surface area contributed by atoms with E-state index >= 15 is 0 Å². The highest BCUT2D eigenvalue weighted by atomic mass is 16.3. The minimum Gasteiger partial charge on any atom is -0.501 e. The molecule has 28 heavy (non-hydrogen) atoms. The van der Waals surface area contributed by atoms with Crippen molar-refractivity contribution < 1.29 is 9.90 Å². The molecule has 0 radical (unpaired) electrons. The summed E-state index contributed by atoms with van der Waals surface area (Å²) in [5.74, 6) is -0.839. The zero-order valence-electron chi connectivity index (χ0n) is 16.1. The maximum Gasteiger partial charge on any atom is 0.329 e. The van der Waals surface area contributed by atoms with Gasteiger partial charge in [0.1, 0.15) is 0 Å². The molecule has 1 aromatic carbocycles. The number of aromatic amines is 1. The molecule has 0 unspecified atom stereocenters. The highest BCUT2D eigenvalue weighted by Crippen LogP contribution is 2.32. The summed E-state index contributed by atoms with van der Waals surface area (Å²) in [5.41, 5.74) is -0.540. The number of carbonyl (C=O) groups is 1. The third kappa shape index (κ3) is 4.35. The molecule has 1 aromatic heterocycles. The number of amides is 1. The minimum atomic E-state index is -0.824. The highest BCUT2D eigenvalue weighted by molar-refractivity contribution is 5.94. The van der Waals surface area contributed by atoms with Crippen LogP contribution in [-0.4, -0.2) is 26.6 Å². The maximum absolute atomic E-state index is 12.5. The van der Waals surface area contributed by atoms with Crippen LogP contribution in [0.1, 0.15) is 67.4 Å². The number of benzene rings is 1. The lowest BCUT2D eigenvalue weighted by Crippen LogP contribution is -2.42. The van der Waals surface area contributed by atoms with Crippen molar-refractivity contribution in [3.8, 4) is 5.75 Å². The van der Waals surface area contributed by atoms with Crippen LogP contribution in [0.5, 0.6) is 5.75 Å². The van der Waals surface area contributed by atoms with Crippen molar-refractivity contribution in [3.05, 3.63) is 62.4 Å². The molecule has 1 aliphatic rings. The van der Waals surface area contributed by atoms with Gasteiger partial charge in [0.25, 0.3) is 11.5 Å². The summed E-state index contributed by atoms with van der Waals surface area (Å²) in [6.45, 7) is 2.15. The molecular formula is C21H27N3O4. The van der Waals surface area contributed by atoms with E-state index in [0.717, 1.165) is 36.7 Å². The fourth-order valence-corrected chi connectivity index (χ4v) is 3.80. The van der Waals surface area contributed by atoms with E-state index in [2.05, 4.69) is 22.4 Å². The van der Waals surface area contributed by atoms with E-state index in [1.54, 1.807) is 0 Å². The van der Waals surface area contributed by atoms with Gasteiger partial charge in [-0.15, -0.1) is 0 Å². The Bertz CT molecular complexity index is 925. The highest BCUT2D eigenvalue weighted by Gasteiger charge is 2.26. The van der Waals surface area contributed by atoms with Gasteiger partial charge in [-0.25, -0.2) is 4.79 Å². The molecule has 0 aliphatic heterocycles. The van der Waals surface area contributed by atoms with Crippen molar-refractivity contribution in [1.82, 2.24) is 14.9 Å². The van der Waals surface area contributed by atoms with Crippen LogP contribution in [0.3, 0.4) is 0 Å². The number of carbonyl (C=O) groups excluding carboxylic acids is 1.